The summed E-state index contributed by atoms with van der Waals surface area (Å²) in [5.74, 6) is 0.240. The first kappa shape index (κ1) is 17.5. The Morgan fingerprint density at radius 1 is 1.13 bits per heavy atom. The molecular formula is C18H27N3O2. The fraction of sp³-hybridized carbons (Fsp3) is 0.556. The molecule has 0 aliphatic carbocycles. The number of carbonyl (C=O) groups excluding carboxylic acids is 2. The highest BCUT2D eigenvalue weighted by atomic mass is 16.2. The van der Waals surface area contributed by atoms with Crippen LogP contribution in [0.25, 0.3) is 0 Å². The highest BCUT2D eigenvalue weighted by Crippen LogP contribution is 2.14. The van der Waals surface area contributed by atoms with Gasteiger partial charge in [0, 0.05) is 39.6 Å². The first-order valence-corrected chi connectivity index (χ1v) is 8.26. The minimum Gasteiger partial charge on any atom is -0.358 e. The van der Waals surface area contributed by atoms with E-state index in [0.717, 1.165) is 19.5 Å². The largest absolute Gasteiger partial charge is 0.358 e. The van der Waals surface area contributed by atoms with E-state index in [1.807, 2.05) is 4.90 Å². The lowest BCUT2D eigenvalue weighted by Gasteiger charge is -2.34. The second-order valence-electron chi connectivity index (χ2n) is 6.26. The van der Waals surface area contributed by atoms with Gasteiger partial charge in [0.15, 0.2) is 0 Å². The lowest BCUT2D eigenvalue weighted by Crippen LogP contribution is -2.50. The minimum absolute atomic E-state index is 0.0274. The molecular weight excluding hydrogens is 290 g/mol. The minimum atomic E-state index is 0.0274. The van der Waals surface area contributed by atoms with E-state index >= 15 is 0 Å². The molecule has 1 N–H and O–H groups in total. The lowest BCUT2D eigenvalue weighted by atomic mass is 10.0. The zero-order valence-electron chi connectivity index (χ0n) is 14.4. The number of likely N-dealkylation sites (N-methyl/N-ethyl adjacent to an activating group) is 1. The summed E-state index contributed by atoms with van der Waals surface area (Å²) >= 11 is 0. The van der Waals surface area contributed by atoms with E-state index in [4.69, 9.17) is 0 Å². The summed E-state index contributed by atoms with van der Waals surface area (Å²) in [6, 6.07) is 6.39. The number of rotatable bonds is 5. The summed E-state index contributed by atoms with van der Waals surface area (Å²) in [5.41, 5.74) is 3.76. The smallest absolute Gasteiger partial charge is 0.233 e. The Morgan fingerprint density at radius 2 is 1.83 bits per heavy atom. The maximum atomic E-state index is 12.4. The highest BCUT2D eigenvalue weighted by Gasteiger charge is 2.21. The van der Waals surface area contributed by atoms with Crippen LogP contribution in [0.1, 0.15) is 23.1 Å². The molecule has 1 aromatic rings. The van der Waals surface area contributed by atoms with Crippen LogP contribution in [0.4, 0.5) is 0 Å². The zero-order chi connectivity index (χ0) is 16.8. The normalized spacial score (nSPS) is 15.5. The predicted molar refractivity (Wildman–Crippen MR) is 91.3 cm³/mol. The van der Waals surface area contributed by atoms with Crippen molar-refractivity contribution in [2.75, 3.05) is 39.8 Å². The Hall–Kier alpha value is -1.88. The third kappa shape index (κ3) is 5.06. The number of nitrogens with zero attached hydrogens (tertiary/aromatic N) is 2. The topological polar surface area (TPSA) is 52.7 Å². The van der Waals surface area contributed by atoms with E-state index in [0.29, 0.717) is 26.1 Å². The van der Waals surface area contributed by atoms with Crippen molar-refractivity contribution in [1.82, 2.24) is 15.1 Å². The molecule has 1 aromatic carbocycles. The van der Waals surface area contributed by atoms with Gasteiger partial charge in [0.25, 0.3) is 0 Å². The fourth-order valence-corrected chi connectivity index (χ4v) is 2.96. The number of hydrogen-bond donors (Lipinski definition) is 1. The van der Waals surface area contributed by atoms with Crippen molar-refractivity contribution >= 4 is 11.8 Å². The number of amides is 2. The van der Waals surface area contributed by atoms with Gasteiger partial charge in [-0.3, -0.25) is 14.5 Å². The van der Waals surface area contributed by atoms with E-state index in [1.165, 1.54) is 16.7 Å². The first-order chi connectivity index (χ1) is 11.0. The summed E-state index contributed by atoms with van der Waals surface area (Å²) in [5, 5.41) is 2.63. The van der Waals surface area contributed by atoms with Gasteiger partial charge in [0.2, 0.25) is 11.8 Å². The van der Waals surface area contributed by atoms with E-state index in [2.05, 4.69) is 42.3 Å². The van der Waals surface area contributed by atoms with Crippen molar-refractivity contribution in [3.63, 3.8) is 0 Å². The van der Waals surface area contributed by atoms with E-state index in [1.54, 1.807) is 7.05 Å². The van der Waals surface area contributed by atoms with E-state index in [-0.39, 0.29) is 11.8 Å². The monoisotopic (exact) mass is 317 g/mol. The van der Waals surface area contributed by atoms with Crippen LogP contribution in [0.5, 0.6) is 0 Å². The zero-order valence-corrected chi connectivity index (χ0v) is 14.4. The third-order valence-electron chi connectivity index (χ3n) is 4.48. The molecule has 23 heavy (non-hydrogen) atoms. The molecule has 1 aliphatic heterocycles. The number of aryl methyl sites for hydroxylation is 3. The molecule has 2 rings (SSSR count). The molecule has 5 heteroatoms. The Balaban J connectivity index is 1.78. The van der Waals surface area contributed by atoms with Crippen molar-refractivity contribution in [3.8, 4) is 0 Å². The SMILES string of the molecule is CNC(=O)CN1CCN(C(=O)CCc2ccc(C)cc2C)CC1. The van der Waals surface area contributed by atoms with Crippen molar-refractivity contribution in [1.29, 1.82) is 0 Å². The number of benzene rings is 1. The molecule has 5 nitrogen and oxygen atoms in total. The van der Waals surface area contributed by atoms with Crippen LogP contribution < -0.4 is 5.32 Å². The Morgan fingerprint density at radius 3 is 2.43 bits per heavy atom. The van der Waals surface area contributed by atoms with Crippen LogP contribution in [0, 0.1) is 13.8 Å². The van der Waals surface area contributed by atoms with Gasteiger partial charge in [-0.2, -0.15) is 0 Å². The summed E-state index contributed by atoms with van der Waals surface area (Å²) in [6.45, 7) is 7.56. The number of carbonyl (C=O) groups is 2. The molecule has 126 valence electrons. The molecule has 2 amide bonds. The maximum absolute atomic E-state index is 12.4. The average molecular weight is 317 g/mol. The maximum Gasteiger partial charge on any atom is 0.233 e. The van der Waals surface area contributed by atoms with Gasteiger partial charge in [0.1, 0.15) is 0 Å². The van der Waals surface area contributed by atoms with Gasteiger partial charge in [-0.25, -0.2) is 0 Å². The number of hydrogen-bond acceptors (Lipinski definition) is 3. The van der Waals surface area contributed by atoms with Gasteiger partial charge in [-0.15, -0.1) is 0 Å². The van der Waals surface area contributed by atoms with Crippen LogP contribution in [-0.2, 0) is 16.0 Å². The second kappa shape index (κ2) is 8.11. The Bertz CT molecular complexity index is 563. The van der Waals surface area contributed by atoms with Gasteiger partial charge in [-0.1, -0.05) is 23.8 Å². The Labute approximate surface area is 138 Å². The van der Waals surface area contributed by atoms with E-state index in [9.17, 15) is 9.59 Å². The molecule has 0 atom stereocenters. The average Bonchev–Trinajstić information content (AvgIpc) is 2.54. The molecule has 1 saturated heterocycles. The van der Waals surface area contributed by atoms with Crippen molar-refractivity contribution in [3.05, 3.63) is 34.9 Å². The van der Waals surface area contributed by atoms with Gasteiger partial charge < -0.3 is 10.2 Å². The second-order valence-corrected chi connectivity index (χ2v) is 6.26. The standard InChI is InChI=1S/C18H27N3O2/c1-14-4-5-16(15(2)12-14)6-7-18(23)21-10-8-20(9-11-21)13-17(22)19-3/h4-5,12H,6-11,13H2,1-3H3,(H,19,22). The number of nitrogens with one attached hydrogen (secondary N) is 1. The first-order valence-electron chi connectivity index (χ1n) is 8.26. The summed E-state index contributed by atoms with van der Waals surface area (Å²) < 4.78 is 0. The van der Waals surface area contributed by atoms with Crippen molar-refractivity contribution < 1.29 is 9.59 Å². The molecule has 0 spiro atoms. The van der Waals surface area contributed by atoms with Crippen LogP contribution in [0.2, 0.25) is 0 Å². The van der Waals surface area contributed by atoms with Gasteiger partial charge in [0.05, 0.1) is 6.54 Å². The van der Waals surface area contributed by atoms with Crippen LogP contribution in [-0.4, -0.2) is 61.4 Å². The summed E-state index contributed by atoms with van der Waals surface area (Å²) in [7, 11) is 1.65. The van der Waals surface area contributed by atoms with Crippen molar-refractivity contribution in [2.45, 2.75) is 26.7 Å². The molecule has 1 aliphatic rings. The van der Waals surface area contributed by atoms with Crippen molar-refractivity contribution in [2.24, 2.45) is 0 Å². The van der Waals surface area contributed by atoms with E-state index < -0.39 is 0 Å². The van der Waals surface area contributed by atoms with Crippen LogP contribution in [0.15, 0.2) is 18.2 Å². The quantitative estimate of drug-likeness (QED) is 0.886. The molecule has 1 fully saturated rings. The lowest BCUT2D eigenvalue weighted by molar-refractivity contribution is -0.133. The van der Waals surface area contributed by atoms with Crippen LogP contribution in [0.3, 0.4) is 0 Å². The fourth-order valence-electron chi connectivity index (χ4n) is 2.96. The molecule has 0 saturated carbocycles. The summed E-state index contributed by atoms with van der Waals surface area (Å²) in [6.07, 6.45) is 1.35. The van der Waals surface area contributed by atoms with Gasteiger partial charge >= 0.3 is 0 Å². The molecule has 0 radical (unpaired) electrons. The third-order valence-corrected chi connectivity index (χ3v) is 4.48. The number of piperazine rings is 1. The summed E-state index contributed by atoms with van der Waals surface area (Å²) in [4.78, 5) is 27.8. The molecule has 0 aromatic heterocycles. The molecule has 0 bridgehead atoms. The predicted octanol–water partition coefficient (Wildman–Crippen LogP) is 1.13. The van der Waals surface area contributed by atoms with Crippen LogP contribution >= 0.6 is 0 Å². The highest BCUT2D eigenvalue weighted by molar-refractivity contribution is 5.78. The Kier molecular flexibility index (Phi) is 6.16. The molecule has 1 heterocycles. The molecule has 0 unspecified atom stereocenters. The van der Waals surface area contributed by atoms with Gasteiger partial charge in [-0.05, 0) is 31.4 Å².